The van der Waals surface area contributed by atoms with E-state index in [1.54, 1.807) is 0 Å². The number of hydrogen-bond donors (Lipinski definition) is 0. The van der Waals surface area contributed by atoms with Gasteiger partial charge in [-0.1, -0.05) is 312 Å². The highest BCUT2D eigenvalue weighted by atomic mass is 15.1. The Hall–Kier alpha value is -8.72. The minimum atomic E-state index is -0.0286. The lowest BCUT2D eigenvalue weighted by molar-refractivity contribution is 0.568. The molecule has 1 aromatic heterocycles. The number of anilines is 3. The van der Waals surface area contributed by atoms with E-state index in [2.05, 4.69) is 382 Å². The molecule has 2 nitrogen and oxygen atoms in total. The lowest BCUT2D eigenvalue weighted by atomic mass is 9.78. The van der Waals surface area contributed by atoms with Gasteiger partial charge in [0.05, 0.1) is 22.4 Å². The summed E-state index contributed by atoms with van der Waals surface area (Å²) in [7, 11) is 0. The van der Waals surface area contributed by atoms with Gasteiger partial charge in [-0.3, -0.25) is 0 Å². The normalized spacial score (nSPS) is 13.3. The van der Waals surface area contributed by atoms with E-state index in [4.69, 9.17) is 0 Å². The first-order chi connectivity index (χ1) is 45.6. The number of benzene rings is 12. The van der Waals surface area contributed by atoms with Crippen LogP contribution in [-0.2, 0) is 43.3 Å². The van der Waals surface area contributed by atoms with Crippen molar-refractivity contribution in [3.8, 4) is 50.2 Å². The standard InChI is InChI=1S/C96H106N2/c1-89(2,3)69-43-65(44-70(55-69)90(4,5)6)61-27-25-29-77(51-61)97(78-30-26-28-62(52-78)66-45-71(91(7,8)9)56-72(46-66)92(10,11)12)83-39-33-59-32-38-80-84(40-34-60-31-37-79(83)87(59)88(60)80)98-85-41-35-63(67-47-73(93(13,14)15)57-74(48-67)94(16,17)18)53-81(85)82-54-64(36-42-86(82)98)68-49-75(95(19,20)21)58-76(50-68)96(22,23)24/h25-58H,1-24H3. The molecule has 0 bridgehead atoms. The molecule has 98 heavy (non-hydrogen) atoms. The van der Waals surface area contributed by atoms with Crippen LogP contribution in [0.4, 0.5) is 17.1 Å². The minimum Gasteiger partial charge on any atom is -0.310 e. The van der Waals surface area contributed by atoms with Crippen molar-refractivity contribution in [2.45, 2.75) is 209 Å². The average molecular weight is 1290 g/mol. The smallest absolute Gasteiger partial charge is 0.0541 e. The molecule has 0 aliphatic carbocycles. The number of nitrogens with zero attached hydrogens (tertiary/aromatic N) is 2. The minimum absolute atomic E-state index is 0.0193. The fraction of sp³-hybridized carbons (Fsp3) is 0.333. The van der Waals surface area contributed by atoms with Crippen LogP contribution in [0, 0.1) is 0 Å². The molecule has 2 heteroatoms. The van der Waals surface area contributed by atoms with Gasteiger partial charge in [-0.05, 0) is 215 Å². The molecular formula is C96H106N2. The summed E-state index contributed by atoms with van der Waals surface area (Å²) >= 11 is 0. The van der Waals surface area contributed by atoms with Crippen LogP contribution >= 0.6 is 0 Å². The Morgan fingerprint density at radius 2 is 0.510 bits per heavy atom. The lowest BCUT2D eigenvalue weighted by Crippen LogP contribution is -2.16. The van der Waals surface area contributed by atoms with Crippen LogP contribution in [0.15, 0.2) is 206 Å². The zero-order valence-corrected chi connectivity index (χ0v) is 63.5. The first-order valence-electron chi connectivity index (χ1n) is 36.0. The predicted octanol–water partition coefficient (Wildman–Crippen LogP) is 28.2. The third-order valence-corrected chi connectivity index (χ3v) is 21.1. The molecule has 0 atom stereocenters. The number of hydrogen-bond acceptors (Lipinski definition) is 1. The summed E-state index contributed by atoms with van der Waals surface area (Å²) < 4.78 is 2.58. The van der Waals surface area contributed by atoms with Crippen molar-refractivity contribution in [1.82, 2.24) is 4.57 Å². The molecule has 1 heterocycles. The Labute approximate surface area is 587 Å². The van der Waals surface area contributed by atoms with Crippen molar-refractivity contribution in [3.05, 3.63) is 251 Å². The summed E-state index contributed by atoms with van der Waals surface area (Å²) in [6.07, 6.45) is 0. The second kappa shape index (κ2) is 23.5. The molecule has 0 spiro atoms. The van der Waals surface area contributed by atoms with Crippen LogP contribution in [0.2, 0.25) is 0 Å². The van der Waals surface area contributed by atoms with Gasteiger partial charge in [0.15, 0.2) is 0 Å². The van der Waals surface area contributed by atoms with E-state index >= 15 is 0 Å². The maximum atomic E-state index is 2.58. The van der Waals surface area contributed by atoms with Crippen LogP contribution in [0.1, 0.15) is 211 Å². The summed E-state index contributed by atoms with van der Waals surface area (Å²) in [5.74, 6) is 0. The van der Waals surface area contributed by atoms with E-state index in [1.165, 1.54) is 149 Å². The van der Waals surface area contributed by atoms with Gasteiger partial charge in [0.25, 0.3) is 0 Å². The van der Waals surface area contributed by atoms with E-state index in [9.17, 15) is 0 Å². The third-order valence-electron chi connectivity index (χ3n) is 21.1. The summed E-state index contributed by atoms with van der Waals surface area (Å²) in [6.45, 7) is 56.1. The Kier molecular flexibility index (Phi) is 16.2. The molecule has 0 radical (unpaired) electrons. The first-order valence-corrected chi connectivity index (χ1v) is 36.0. The van der Waals surface area contributed by atoms with E-state index in [0.29, 0.717) is 0 Å². The average Bonchev–Trinajstić information content (AvgIpc) is 1.33. The Morgan fingerprint density at radius 1 is 0.224 bits per heavy atom. The summed E-state index contributed by atoms with van der Waals surface area (Å²) in [4.78, 5) is 2.54. The van der Waals surface area contributed by atoms with Gasteiger partial charge in [0.2, 0.25) is 0 Å². The molecule has 0 saturated heterocycles. The molecule has 500 valence electrons. The highest BCUT2D eigenvalue weighted by Crippen LogP contribution is 2.49. The van der Waals surface area contributed by atoms with Crippen LogP contribution in [-0.4, -0.2) is 4.57 Å². The van der Waals surface area contributed by atoms with E-state index in [0.717, 1.165) is 17.1 Å². The van der Waals surface area contributed by atoms with E-state index < -0.39 is 0 Å². The van der Waals surface area contributed by atoms with Crippen molar-refractivity contribution in [3.63, 3.8) is 0 Å². The molecule has 0 saturated carbocycles. The quantitative estimate of drug-likeness (QED) is 0.138. The van der Waals surface area contributed by atoms with Crippen molar-refractivity contribution in [2.24, 2.45) is 0 Å². The maximum Gasteiger partial charge on any atom is 0.0541 e. The fourth-order valence-corrected chi connectivity index (χ4v) is 14.5. The molecule has 0 amide bonds. The number of rotatable bonds is 8. The topological polar surface area (TPSA) is 8.17 Å². The molecule has 0 fully saturated rings. The monoisotopic (exact) mass is 1290 g/mol. The molecule has 13 rings (SSSR count). The SMILES string of the molecule is CC(C)(C)c1cc(-c2cccc(N(c3cccc(-c4cc(C(C)(C)C)cc(C(C)(C)C)c4)c3)c3ccc4ccc5c(-n6c7ccc(-c8cc(C(C)(C)C)cc(C(C)(C)C)c8)cc7c7cc(-c8cc(C(C)(C)C)cc(C(C)(C)C)c8)ccc76)ccc6ccc3c4c65)c2)cc(C(C)(C)C)c1. The second-order valence-electron chi connectivity index (χ2n) is 37.0. The van der Waals surface area contributed by atoms with Gasteiger partial charge in [0.1, 0.15) is 0 Å². The third kappa shape index (κ3) is 12.8. The summed E-state index contributed by atoms with van der Waals surface area (Å²) in [6, 6.07) is 81.5. The molecule has 0 aliphatic heterocycles. The largest absolute Gasteiger partial charge is 0.310 e. The Morgan fingerprint density at radius 3 is 0.837 bits per heavy atom. The second-order valence-corrected chi connectivity index (χ2v) is 37.0. The van der Waals surface area contributed by atoms with Crippen molar-refractivity contribution in [1.29, 1.82) is 0 Å². The van der Waals surface area contributed by atoms with Crippen LogP contribution in [0.5, 0.6) is 0 Å². The van der Waals surface area contributed by atoms with Crippen LogP contribution in [0.3, 0.4) is 0 Å². The molecule has 12 aromatic carbocycles. The van der Waals surface area contributed by atoms with Gasteiger partial charge in [-0.15, -0.1) is 0 Å². The van der Waals surface area contributed by atoms with Crippen LogP contribution in [0.25, 0.3) is 104 Å². The number of aromatic nitrogens is 1. The fourth-order valence-electron chi connectivity index (χ4n) is 14.5. The Bertz CT molecular complexity index is 4890. The molecule has 0 N–H and O–H groups in total. The van der Waals surface area contributed by atoms with Gasteiger partial charge in [-0.25, -0.2) is 0 Å². The summed E-state index contributed by atoms with van der Waals surface area (Å²) in [5.41, 5.74) is 27.3. The predicted molar refractivity (Wildman–Crippen MR) is 431 cm³/mol. The zero-order valence-electron chi connectivity index (χ0n) is 63.5. The highest BCUT2D eigenvalue weighted by Gasteiger charge is 2.29. The van der Waals surface area contributed by atoms with Gasteiger partial charge < -0.3 is 9.47 Å². The van der Waals surface area contributed by atoms with Gasteiger partial charge >= 0.3 is 0 Å². The highest BCUT2D eigenvalue weighted by molar-refractivity contribution is 6.27. The number of fused-ring (bicyclic) bond motifs is 3. The maximum absolute atomic E-state index is 2.58. The van der Waals surface area contributed by atoms with E-state index in [-0.39, 0.29) is 43.3 Å². The molecule has 13 aromatic rings. The first kappa shape index (κ1) is 67.8. The van der Waals surface area contributed by atoms with E-state index in [1.807, 2.05) is 0 Å². The van der Waals surface area contributed by atoms with Crippen molar-refractivity contribution in [2.75, 3.05) is 4.90 Å². The van der Waals surface area contributed by atoms with Gasteiger partial charge in [-0.2, -0.15) is 0 Å². The van der Waals surface area contributed by atoms with Gasteiger partial charge in [0, 0.05) is 32.9 Å². The zero-order chi connectivity index (χ0) is 70.5. The van der Waals surface area contributed by atoms with Crippen molar-refractivity contribution >= 4 is 71.2 Å². The Balaban J connectivity index is 1.06. The molecule has 0 aliphatic rings. The molecular weight excluding hydrogens is 1180 g/mol. The summed E-state index contributed by atoms with van der Waals surface area (Å²) in [5, 5.41) is 9.91. The van der Waals surface area contributed by atoms with Crippen molar-refractivity contribution < 1.29 is 0 Å². The molecule has 0 unspecified atom stereocenters. The lowest BCUT2D eigenvalue weighted by Gasteiger charge is -2.29. The van der Waals surface area contributed by atoms with Crippen LogP contribution < -0.4 is 4.90 Å².